The van der Waals surface area contributed by atoms with Crippen LogP contribution in [0.5, 0.6) is 0 Å². The van der Waals surface area contributed by atoms with Gasteiger partial charge in [-0.2, -0.15) is 0 Å². The predicted octanol–water partition coefficient (Wildman–Crippen LogP) is -3.80. The van der Waals surface area contributed by atoms with E-state index < -0.39 is 207 Å². The predicted molar refractivity (Wildman–Crippen MR) is 280 cm³/mol. The summed E-state index contributed by atoms with van der Waals surface area (Å²) in [6, 6.07) is 0. The van der Waals surface area contributed by atoms with Gasteiger partial charge in [-0.05, 0) is 76.0 Å². The molecule has 2 saturated carbocycles. The molecule has 32 atom stereocenters. The van der Waals surface area contributed by atoms with Crippen LogP contribution >= 0.6 is 0 Å². The van der Waals surface area contributed by atoms with Crippen molar-refractivity contribution in [1.29, 1.82) is 0 Å². The van der Waals surface area contributed by atoms with Gasteiger partial charge in [0.2, 0.25) is 0 Å². The number of carbonyl (C=O) groups is 2. The van der Waals surface area contributed by atoms with E-state index in [0.29, 0.717) is 51.4 Å². The number of ether oxygens (including phenoxy) is 11. The minimum absolute atomic E-state index is 0.0110. The lowest BCUT2D eigenvalue weighted by Gasteiger charge is -2.63. The molecule has 10 rings (SSSR count). The first-order valence-electron chi connectivity index (χ1n) is 29.9. The molecule has 0 aromatic rings. The van der Waals surface area contributed by atoms with E-state index in [2.05, 4.69) is 27.7 Å². The van der Waals surface area contributed by atoms with Crippen LogP contribution in [0.4, 0.5) is 0 Å². The highest BCUT2D eigenvalue weighted by molar-refractivity contribution is 5.94. The summed E-state index contributed by atoms with van der Waals surface area (Å²) in [5.41, 5.74) is -1.34. The Morgan fingerprint density at radius 1 is 0.607 bits per heavy atom. The first-order valence-corrected chi connectivity index (χ1v) is 29.9. The van der Waals surface area contributed by atoms with Gasteiger partial charge < -0.3 is 124 Å². The number of Topliss-reactive ketones (excluding diaryl/α,β-unsaturated/α-hetero) is 2. The molecule has 0 bridgehead atoms. The number of ketones is 2. The van der Waals surface area contributed by atoms with Crippen LogP contribution < -0.4 is 0 Å². The smallest absolute Gasteiger partial charge is 0.187 e. The Balaban J connectivity index is 0.859. The van der Waals surface area contributed by atoms with E-state index in [1.165, 1.54) is 12.5 Å². The molecule has 27 heteroatoms. The lowest BCUT2D eigenvalue weighted by atomic mass is 9.42. The molecule has 6 aliphatic heterocycles. The second-order valence-electron chi connectivity index (χ2n) is 26.4. The van der Waals surface area contributed by atoms with E-state index in [0.717, 1.165) is 5.57 Å². The topological polar surface area (TPSA) is 419 Å². The summed E-state index contributed by atoms with van der Waals surface area (Å²) < 4.78 is 66.9. The Labute approximate surface area is 486 Å². The largest absolute Gasteiger partial charge is 0.396 e. The molecule has 8 fully saturated rings. The average Bonchev–Trinajstić information content (AvgIpc) is 1.43. The van der Waals surface area contributed by atoms with Gasteiger partial charge in [0, 0.05) is 23.7 Å². The highest BCUT2D eigenvalue weighted by Crippen LogP contribution is 2.74. The standard InChI is InChI=1S/C57H90O27/c1-8-26(60)29-15-22(2)57(84-29)16-33(63)56(7)25-9-10-32-53(4,24(25)11-14-55(56,57)6)13-12-34(54(32,5)21-59)80-50-44(73)41(70)38(67)31(79-50)20-76-51-46(37(66)28(62)19-75-51)82-52-47(83-49-43(72)40(69)35(64)23(3)77-49)45(39(68)30(17-58)78-52)81-48-42(71)36(65)27(61)18-74-48/h22-23,27-32,34-52,58-59,61-62,64-73H,8-21H2,1-7H3/t22-,23+,27-,28+,29+,30-,31-,32-,34+,35+,36+,37+,38-,39-,40-,41+,42-,43-,44-,45+,46-,47-,48+,49+,50+,51+,52+,53-,54-,55+,56-,57+/m1/s1. The maximum Gasteiger partial charge on any atom is 0.187 e. The first kappa shape index (κ1) is 65.0. The van der Waals surface area contributed by atoms with Crippen molar-refractivity contribution >= 4 is 11.6 Å². The zero-order valence-corrected chi connectivity index (χ0v) is 48.6. The van der Waals surface area contributed by atoms with Crippen LogP contribution in [0.1, 0.15) is 106 Å². The number of hydrogen-bond acceptors (Lipinski definition) is 27. The third kappa shape index (κ3) is 10.4. The third-order valence-electron chi connectivity index (χ3n) is 22.0. The third-order valence-corrected chi connectivity index (χ3v) is 22.0. The monoisotopic (exact) mass is 1210 g/mol. The van der Waals surface area contributed by atoms with Gasteiger partial charge in [0.05, 0.1) is 56.3 Å². The van der Waals surface area contributed by atoms with Crippen molar-refractivity contribution in [1.82, 2.24) is 0 Å². The molecule has 0 amide bonds. The Kier molecular flexibility index (Phi) is 18.9. The molecule has 1 spiro atoms. The van der Waals surface area contributed by atoms with Crippen LogP contribution in [-0.2, 0) is 61.7 Å². The molecule has 0 radical (unpaired) electrons. The quantitative estimate of drug-likeness (QED) is 0.0699. The number of hydrogen-bond donors (Lipinski definition) is 14. The van der Waals surface area contributed by atoms with Crippen LogP contribution in [0.2, 0.25) is 0 Å². The summed E-state index contributed by atoms with van der Waals surface area (Å²) in [4.78, 5) is 27.7. The van der Waals surface area contributed by atoms with Crippen LogP contribution in [-0.4, -0.2) is 275 Å². The van der Waals surface area contributed by atoms with Crippen LogP contribution in [0.3, 0.4) is 0 Å². The average molecular weight is 1210 g/mol. The summed E-state index contributed by atoms with van der Waals surface area (Å²) in [5, 5.41) is 154. The number of carbonyl (C=O) groups excluding carboxylic acids is 2. The molecular formula is C57H90O27. The van der Waals surface area contributed by atoms with Gasteiger partial charge in [-0.25, -0.2) is 0 Å². The number of fused-ring (bicyclic) bond motifs is 5. The van der Waals surface area contributed by atoms with Crippen molar-refractivity contribution in [3.8, 4) is 0 Å². The molecule has 84 heavy (non-hydrogen) atoms. The summed E-state index contributed by atoms with van der Waals surface area (Å²) in [6.45, 7) is 10.6. The summed E-state index contributed by atoms with van der Waals surface area (Å²) >= 11 is 0. The van der Waals surface area contributed by atoms with E-state index in [1.807, 2.05) is 13.8 Å². The molecular weight excluding hydrogens is 1120 g/mol. The molecule has 0 unspecified atom stereocenters. The minimum atomic E-state index is -1.98. The van der Waals surface area contributed by atoms with E-state index in [1.54, 1.807) is 0 Å². The fourth-order valence-electron chi connectivity index (χ4n) is 16.5. The molecule has 4 aliphatic carbocycles. The highest BCUT2D eigenvalue weighted by Gasteiger charge is 2.75. The van der Waals surface area contributed by atoms with Gasteiger partial charge in [0.1, 0.15) is 116 Å². The Hall–Kier alpha value is -1.92. The van der Waals surface area contributed by atoms with E-state index in [4.69, 9.17) is 52.1 Å². The number of rotatable bonds is 15. The first-order chi connectivity index (χ1) is 39.6. The molecule has 6 saturated heterocycles. The zero-order valence-electron chi connectivity index (χ0n) is 48.6. The Morgan fingerprint density at radius 3 is 1.88 bits per heavy atom. The maximum absolute atomic E-state index is 14.7. The summed E-state index contributed by atoms with van der Waals surface area (Å²) in [6.07, 6.45) is -37.2. The Morgan fingerprint density at radius 2 is 1.21 bits per heavy atom. The molecule has 480 valence electrons. The lowest BCUT2D eigenvalue weighted by Crippen LogP contribution is -2.67. The second-order valence-corrected chi connectivity index (χ2v) is 26.4. The van der Waals surface area contributed by atoms with Gasteiger partial charge in [-0.1, -0.05) is 45.8 Å². The maximum atomic E-state index is 14.7. The molecule has 0 aromatic heterocycles. The molecule has 10 aliphatic rings. The van der Waals surface area contributed by atoms with Gasteiger partial charge in [-0.3, -0.25) is 9.59 Å². The van der Waals surface area contributed by atoms with Crippen LogP contribution in [0, 0.1) is 33.5 Å². The molecule has 14 N–H and O–H groups in total. The van der Waals surface area contributed by atoms with Gasteiger partial charge in [-0.15, -0.1) is 0 Å². The van der Waals surface area contributed by atoms with Crippen molar-refractivity contribution in [3.63, 3.8) is 0 Å². The van der Waals surface area contributed by atoms with Gasteiger partial charge in [0.25, 0.3) is 0 Å². The lowest BCUT2D eigenvalue weighted by molar-refractivity contribution is -0.404. The summed E-state index contributed by atoms with van der Waals surface area (Å²) in [5.74, 6) is -0.0430. The van der Waals surface area contributed by atoms with Crippen molar-refractivity contribution in [2.45, 2.75) is 265 Å². The number of aliphatic hydroxyl groups excluding tert-OH is 14. The molecule has 0 aromatic carbocycles. The fraction of sp³-hybridized carbons (Fsp3) is 0.930. The summed E-state index contributed by atoms with van der Waals surface area (Å²) in [7, 11) is 0. The number of aliphatic hydroxyl groups is 14. The number of allylic oxidation sites excluding steroid dienone is 2. The van der Waals surface area contributed by atoms with E-state index in [-0.39, 0.29) is 36.4 Å². The van der Waals surface area contributed by atoms with Crippen molar-refractivity contribution in [3.05, 3.63) is 11.1 Å². The van der Waals surface area contributed by atoms with Crippen molar-refractivity contribution < 1.29 is 133 Å². The zero-order chi connectivity index (χ0) is 61.1. The van der Waals surface area contributed by atoms with Gasteiger partial charge in [0.15, 0.2) is 37.2 Å². The highest BCUT2D eigenvalue weighted by atomic mass is 16.8. The van der Waals surface area contributed by atoms with Crippen LogP contribution in [0.25, 0.3) is 0 Å². The van der Waals surface area contributed by atoms with E-state index in [9.17, 15) is 81.1 Å². The van der Waals surface area contributed by atoms with Gasteiger partial charge >= 0.3 is 0 Å². The molecule has 27 nitrogen and oxygen atoms in total. The SMILES string of the molecule is CCC(=O)[C@@H]1C[C@@H](C)[C@]2(CC(=O)[C@@]3(C)C4=C(CC[C@@]32C)[C@@]2(C)CC[C@H](O[C@@H]3O[C@H](CO[C@@H]5OC[C@H](O)[C@H](O)[C@H]5O[C@@H]5O[C@H](CO)[C@@H](O)[C@H](O[C@@H]6OC[C@@H](O)[C@H](O)[C@H]6O)[C@H]5O[C@@H]5O[C@@H](C)[C@H](O)[C@@H](O)[C@H]5O)[C@@H](O)[C@H](O)[C@H]3O)[C@](C)(CO)[C@@H]2CC4)O1. The van der Waals surface area contributed by atoms with Crippen molar-refractivity contribution in [2.24, 2.45) is 33.5 Å². The second kappa shape index (κ2) is 24.4. The van der Waals surface area contributed by atoms with E-state index >= 15 is 0 Å². The van der Waals surface area contributed by atoms with Crippen molar-refractivity contribution in [2.75, 3.05) is 33.0 Å². The Bertz CT molecular complexity index is 2390. The van der Waals surface area contributed by atoms with Crippen LogP contribution in [0.15, 0.2) is 11.1 Å². The fourth-order valence-corrected chi connectivity index (χ4v) is 16.5. The normalized spacial score (nSPS) is 54.3. The minimum Gasteiger partial charge on any atom is -0.396 e. The molecule has 6 heterocycles.